The predicted octanol–water partition coefficient (Wildman–Crippen LogP) is 12.8. The van der Waals surface area contributed by atoms with Crippen molar-refractivity contribution in [3.05, 3.63) is 164 Å². The van der Waals surface area contributed by atoms with Crippen molar-refractivity contribution in [1.29, 1.82) is 0 Å². The van der Waals surface area contributed by atoms with Gasteiger partial charge in [0.2, 0.25) is 0 Å². The van der Waals surface area contributed by atoms with E-state index in [0.717, 1.165) is 0 Å². The third kappa shape index (κ3) is 3.81. The average Bonchev–Trinajstić information content (AvgIpc) is 3.66. The second-order valence-electron chi connectivity index (χ2n) is 12.1. The molecule has 0 unspecified atom stereocenters. The maximum atomic E-state index is 2.50. The Bertz CT molecular complexity index is 2730. The van der Waals surface area contributed by atoms with Crippen molar-refractivity contribution in [2.75, 3.05) is 0 Å². The highest BCUT2D eigenvalue weighted by molar-refractivity contribution is 7.25. The molecule has 2 heterocycles. The van der Waals surface area contributed by atoms with Crippen LogP contribution in [-0.2, 0) is 0 Å². The van der Waals surface area contributed by atoms with Crippen LogP contribution in [0.15, 0.2) is 164 Å². The second kappa shape index (κ2) is 9.90. The number of thiophene rings is 1. The van der Waals surface area contributed by atoms with Crippen molar-refractivity contribution < 1.29 is 0 Å². The lowest BCUT2D eigenvalue weighted by Gasteiger charge is -2.15. The fourth-order valence-corrected chi connectivity index (χ4v) is 8.56. The SMILES string of the molecule is c1ccc(-c2cc(-c3ccccc3)cc(-n3c4ccccc4c4ccc5c6cc7c(cc6ccc5c43)sc3ccccc37)c2)cc1. The van der Waals surface area contributed by atoms with Gasteiger partial charge in [-0.15, -0.1) is 11.3 Å². The molecule has 46 heavy (non-hydrogen) atoms. The van der Waals surface area contributed by atoms with Gasteiger partial charge in [0, 0.05) is 42.0 Å². The van der Waals surface area contributed by atoms with Gasteiger partial charge in [-0.05, 0) is 80.9 Å². The maximum Gasteiger partial charge on any atom is 0.0619 e. The molecule has 0 aliphatic carbocycles. The van der Waals surface area contributed by atoms with E-state index in [4.69, 9.17) is 0 Å². The lowest BCUT2D eigenvalue weighted by Crippen LogP contribution is -1.96. The quantitative estimate of drug-likeness (QED) is 0.178. The number of hydrogen-bond donors (Lipinski definition) is 0. The normalized spacial score (nSPS) is 11.9. The topological polar surface area (TPSA) is 4.93 Å². The molecule has 0 fully saturated rings. The number of nitrogens with zero attached hydrogens (tertiary/aromatic N) is 1. The molecule has 0 amide bonds. The summed E-state index contributed by atoms with van der Waals surface area (Å²) >= 11 is 1.88. The Morgan fingerprint density at radius 3 is 1.72 bits per heavy atom. The van der Waals surface area contributed by atoms with Crippen molar-refractivity contribution in [2.45, 2.75) is 0 Å². The van der Waals surface area contributed by atoms with Crippen LogP contribution in [0.2, 0.25) is 0 Å². The summed E-state index contributed by atoms with van der Waals surface area (Å²) in [6.07, 6.45) is 0. The van der Waals surface area contributed by atoms with Gasteiger partial charge >= 0.3 is 0 Å². The minimum absolute atomic E-state index is 1.17. The van der Waals surface area contributed by atoms with Gasteiger partial charge in [-0.25, -0.2) is 0 Å². The first-order valence-electron chi connectivity index (χ1n) is 15.8. The molecular weight excluding hydrogens is 575 g/mol. The zero-order valence-corrected chi connectivity index (χ0v) is 25.8. The smallest absolute Gasteiger partial charge is 0.0619 e. The van der Waals surface area contributed by atoms with Crippen molar-refractivity contribution >= 4 is 74.9 Å². The molecule has 0 atom stereocenters. The molecule has 10 rings (SSSR count). The van der Waals surface area contributed by atoms with Crippen LogP contribution in [0, 0.1) is 0 Å². The lowest BCUT2D eigenvalue weighted by molar-refractivity contribution is 1.19. The van der Waals surface area contributed by atoms with E-state index < -0.39 is 0 Å². The van der Waals surface area contributed by atoms with E-state index in [0.29, 0.717) is 0 Å². The van der Waals surface area contributed by atoms with Crippen LogP contribution >= 0.6 is 11.3 Å². The van der Waals surface area contributed by atoms with Gasteiger partial charge < -0.3 is 4.57 Å². The Hall–Kier alpha value is -5.70. The first-order valence-corrected chi connectivity index (χ1v) is 16.6. The van der Waals surface area contributed by atoms with Gasteiger partial charge in [0.25, 0.3) is 0 Å². The zero-order valence-electron chi connectivity index (χ0n) is 24.9. The average molecular weight is 602 g/mol. The van der Waals surface area contributed by atoms with Gasteiger partial charge in [-0.1, -0.05) is 121 Å². The van der Waals surface area contributed by atoms with Gasteiger partial charge in [-0.2, -0.15) is 0 Å². The molecule has 0 aliphatic heterocycles. The van der Waals surface area contributed by atoms with Crippen LogP contribution in [-0.4, -0.2) is 4.57 Å². The summed E-state index contributed by atoms with van der Waals surface area (Å²) in [5.74, 6) is 0. The van der Waals surface area contributed by atoms with Crippen LogP contribution in [0.5, 0.6) is 0 Å². The van der Waals surface area contributed by atoms with Crippen molar-refractivity contribution in [3.63, 3.8) is 0 Å². The Labute approximate surface area is 270 Å². The number of rotatable bonds is 3. The summed E-state index contributed by atoms with van der Waals surface area (Å²) in [7, 11) is 0. The molecule has 0 N–H and O–H groups in total. The highest BCUT2D eigenvalue weighted by atomic mass is 32.1. The van der Waals surface area contributed by atoms with E-state index in [-0.39, 0.29) is 0 Å². The molecule has 1 nitrogen and oxygen atoms in total. The highest BCUT2D eigenvalue weighted by Gasteiger charge is 2.18. The van der Waals surface area contributed by atoms with Crippen molar-refractivity contribution in [2.24, 2.45) is 0 Å². The maximum absolute atomic E-state index is 2.50. The van der Waals surface area contributed by atoms with E-state index in [1.807, 2.05) is 11.3 Å². The molecule has 214 valence electrons. The number of hydrogen-bond acceptors (Lipinski definition) is 1. The summed E-state index contributed by atoms with van der Waals surface area (Å²) < 4.78 is 5.18. The molecule has 2 heteroatoms. The van der Waals surface area contributed by atoms with Gasteiger partial charge in [0.15, 0.2) is 0 Å². The summed E-state index contributed by atoms with van der Waals surface area (Å²) in [6.45, 7) is 0. The minimum Gasteiger partial charge on any atom is -0.309 e. The molecule has 2 aromatic heterocycles. The molecule has 0 spiro atoms. The van der Waals surface area contributed by atoms with Crippen molar-refractivity contribution in [1.82, 2.24) is 4.57 Å². The van der Waals surface area contributed by atoms with Crippen LogP contribution in [0.1, 0.15) is 0 Å². The highest BCUT2D eigenvalue weighted by Crippen LogP contribution is 2.42. The third-order valence-corrected chi connectivity index (χ3v) is 10.7. The van der Waals surface area contributed by atoms with Crippen LogP contribution in [0.25, 0.3) is 91.5 Å². The minimum atomic E-state index is 1.17. The summed E-state index contributed by atoms with van der Waals surface area (Å²) in [4.78, 5) is 0. The Morgan fingerprint density at radius 1 is 0.348 bits per heavy atom. The standard InChI is InChI=1S/C44H27NS/c1-3-11-28(12-4-1)31-23-32(29-13-5-2-6-14-29)25-33(24-31)45-41-17-9-7-15-35(41)38-22-21-34-37(44(38)45)20-19-30-26-43-40(27-39(30)34)36-16-8-10-18-42(36)46-43/h1-27H. The fraction of sp³-hybridized carbons (Fsp3) is 0. The number of fused-ring (bicyclic) bond motifs is 10. The van der Waals surface area contributed by atoms with Crippen LogP contribution in [0.3, 0.4) is 0 Å². The molecule has 0 bridgehead atoms. The molecule has 0 radical (unpaired) electrons. The van der Waals surface area contributed by atoms with Gasteiger partial charge in [0.1, 0.15) is 0 Å². The first kappa shape index (κ1) is 25.6. The molecule has 0 saturated carbocycles. The van der Waals surface area contributed by atoms with Crippen LogP contribution < -0.4 is 0 Å². The van der Waals surface area contributed by atoms with Crippen LogP contribution in [0.4, 0.5) is 0 Å². The molecular formula is C44H27NS. The molecule has 0 aliphatic rings. The lowest BCUT2D eigenvalue weighted by atomic mass is 9.97. The van der Waals surface area contributed by atoms with E-state index in [1.54, 1.807) is 0 Å². The van der Waals surface area contributed by atoms with E-state index in [9.17, 15) is 0 Å². The number of para-hydroxylation sites is 1. The third-order valence-electron chi connectivity index (χ3n) is 9.53. The zero-order chi connectivity index (χ0) is 30.2. The predicted molar refractivity (Wildman–Crippen MR) is 200 cm³/mol. The molecule has 10 aromatic rings. The van der Waals surface area contributed by atoms with E-state index >= 15 is 0 Å². The summed E-state index contributed by atoms with van der Waals surface area (Å²) in [6, 6.07) is 60.3. The summed E-state index contributed by atoms with van der Waals surface area (Å²) in [5, 5.41) is 10.4. The summed E-state index contributed by atoms with van der Waals surface area (Å²) in [5.41, 5.74) is 8.47. The van der Waals surface area contributed by atoms with Gasteiger partial charge in [-0.3, -0.25) is 0 Å². The second-order valence-corrected chi connectivity index (χ2v) is 13.2. The number of benzene rings is 8. The Kier molecular flexibility index (Phi) is 5.51. The van der Waals surface area contributed by atoms with E-state index in [1.165, 1.54) is 91.5 Å². The first-order chi connectivity index (χ1) is 22.8. The number of aromatic nitrogens is 1. The van der Waals surface area contributed by atoms with E-state index in [2.05, 4.69) is 168 Å². The molecule has 0 saturated heterocycles. The van der Waals surface area contributed by atoms with Gasteiger partial charge in [0.05, 0.1) is 11.0 Å². The molecule has 8 aromatic carbocycles. The Balaban J connectivity index is 1.33. The fourth-order valence-electron chi connectivity index (χ4n) is 7.42. The van der Waals surface area contributed by atoms with Crippen molar-refractivity contribution in [3.8, 4) is 27.9 Å². The Morgan fingerprint density at radius 2 is 0.957 bits per heavy atom. The largest absolute Gasteiger partial charge is 0.309 e. The monoisotopic (exact) mass is 601 g/mol.